The third-order valence-electron chi connectivity index (χ3n) is 4.25. The average molecular weight is 345 g/mol. The molecule has 130 valence electrons. The van der Waals surface area contributed by atoms with Gasteiger partial charge in [-0.2, -0.15) is 5.10 Å². The summed E-state index contributed by atoms with van der Waals surface area (Å²) in [6.07, 6.45) is 1.65. The summed E-state index contributed by atoms with van der Waals surface area (Å²) in [5.41, 5.74) is 2.57. The molecule has 1 amide bonds. The zero-order chi connectivity index (χ0) is 15.6. The molecule has 0 saturated carbocycles. The number of rotatable bonds is 5. The first-order chi connectivity index (χ1) is 10.6. The summed E-state index contributed by atoms with van der Waals surface area (Å²) in [6.45, 7) is 7.52. The zero-order valence-corrected chi connectivity index (χ0v) is 14.4. The van der Waals surface area contributed by atoms with Crippen molar-refractivity contribution in [2.75, 3.05) is 26.3 Å². The van der Waals surface area contributed by atoms with E-state index in [4.69, 9.17) is 9.47 Å². The highest BCUT2D eigenvalue weighted by atomic mass is 35.5. The maximum absolute atomic E-state index is 12.3. The molecule has 3 N–H and O–H groups in total. The molecule has 1 saturated heterocycles. The molecule has 0 spiro atoms. The molecule has 2 aliphatic heterocycles. The van der Waals surface area contributed by atoms with E-state index < -0.39 is 5.79 Å². The van der Waals surface area contributed by atoms with Crippen LogP contribution in [0.15, 0.2) is 0 Å². The van der Waals surface area contributed by atoms with Crippen molar-refractivity contribution in [2.24, 2.45) is 5.92 Å². The largest absolute Gasteiger partial charge is 0.350 e. The van der Waals surface area contributed by atoms with Gasteiger partial charge < -0.3 is 20.1 Å². The number of aromatic amines is 1. The minimum Gasteiger partial charge on any atom is -0.350 e. The summed E-state index contributed by atoms with van der Waals surface area (Å²) >= 11 is 0. The second kappa shape index (κ2) is 7.61. The monoisotopic (exact) mass is 344 g/mol. The van der Waals surface area contributed by atoms with Gasteiger partial charge in [0.15, 0.2) is 11.5 Å². The minimum absolute atomic E-state index is 0. The topological polar surface area (TPSA) is 88.3 Å². The van der Waals surface area contributed by atoms with E-state index in [-0.39, 0.29) is 24.2 Å². The van der Waals surface area contributed by atoms with Crippen LogP contribution in [0.3, 0.4) is 0 Å². The van der Waals surface area contributed by atoms with Crippen molar-refractivity contribution in [3.63, 3.8) is 0 Å². The number of carbonyl (C=O) groups is 1. The Balaban J connectivity index is 0.00000192. The smallest absolute Gasteiger partial charge is 0.272 e. The quantitative estimate of drug-likeness (QED) is 0.741. The number of ether oxygens (including phenoxy) is 2. The second-order valence-electron chi connectivity index (χ2n) is 6.31. The van der Waals surface area contributed by atoms with Gasteiger partial charge in [0.25, 0.3) is 5.91 Å². The number of nitrogens with zero attached hydrogens (tertiary/aromatic N) is 1. The van der Waals surface area contributed by atoms with Crippen molar-refractivity contribution >= 4 is 18.3 Å². The molecule has 1 atom stereocenters. The van der Waals surface area contributed by atoms with Crippen LogP contribution in [0.1, 0.15) is 42.0 Å². The van der Waals surface area contributed by atoms with Crippen molar-refractivity contribution < 1.29 is 14.3 Å². The summed E-state index contributed by atoms with van der Waals surface area (Å²) in [6, 6.07) is 0. The number of H-pyrrole nitrogens is 1. The first-order valence-electron chi connectivity index (χ1n) is 7.90. The summed E-state index contributed by atoms with van der Waals surface area (Å²) in [5.74, 6) is -0.370. The number of carbonyl (C=O) groups excluding carboxylic acids is 1. The number of aromatic nitrogens is 2. The molecular weight excluding hydrogens is 320 g/mol. The van der Waals surface area contributed by atoms with Crippen LogP contribution in [0.2, 0.25) is 0 Å². The number of halogens is 1. The van der Waals surface area contributed by atoms with Crippen molar-refractivity contribution in [3.05, 3.63) is 17.0 Å². The molecule has 0 aliphatic carbocycles. The highest BCUT2D eigenvalue weighted by Crippen LogP contribution is 2.26. The standard InChI is InChI=1S/C15H24N4O3.ClH/c1-10(7-15(2)21-5-6-22-15)8-17-14(20)13-11-9-16-4-3-12(11)18-19-13;/h10,16H,3-9H2,1-2H3,(H,17,20)(H,18,19);1H. The van der Waals surface area contributed by atoms with Crippen LogP contribution in [-0.2, 0) is 22.4 Å². The van der Waals surface area contributed by atoms with Crippen LogP contribution >= 0.6 is 12.4 Å². The first-order valence-corrected chi connectivity index (χ1v) is 7.90. The first kappa shape index (κ1) is 18.2. The van der Waals surface area contributed by atoms with E-state index in [9.17, 15) is 4.79 Å². The van der Waals surface area contributed by atoms with Crippen LogP contribution in [-0.4, -0.2) is 48.2 Å². The molecule has 23 heavy (non-hydrogen) atoms. The van der Waals surface area contributed by atoms with Gasteiger partial charge in [0.05, 0.1) is 13.2 Å². The maximum Gasteiger partial charge on any atom is 0.272 e. The molecule has 3 rings (SSSR count). The van der Waals surface area contributed by atoms with Gasteiger partial charge in [0, 0.05) is 43.7 Å². The Morgan fingerprint density at radius 3 is 2.91 bits per heavy atom. The van der Waals surface area contributed by atoms with Gasteiger partial charge in [-0.3, -0.25) is 9.89 Å². The summed E-state index contributed by atoms with van der Waals surface area (Å²) in [5, 5.41) is 13.4. The van der Waals surface area contributed by atoms with E-state index in [1.165, 1.54) is 0 Å². The fraction of sp³-hybridized carbons (Fsp3) is 0.733. The molecule has 8 heteroatoms. The molecule has 1 fully saturated rings. The van der Waals surface area contributed by atoms with Crippen molar-refractivity contribution in [2.45, 2.75) is 39.0 Å². The predicted molar refractivity (Wildman–Crippen MR) is 87.7 cm³/mol. The number of amides is 1. The number of hydrogen-bond acceptors (Lipinski definition) is 5. The van der Waals surface area contributed by atoms with Gasteiger partial charge >= 0.3 is 0 Å². The second-order valence-corrected chi connectivity index (χ2v) is 6.31. The lowest BCUT2D eigenvalue weighted by Gasteiger charge is -2.26. The molecule has 0 aromatic carbocycles. The van der Waals surface area contributed by atoms with Gasteiger partial charge in [-0.25, -0.2) is 0 Å². The number of hydrogen-bond donors (Lipinski definition) is 3. The van der Waals surface area contributed by atoms with E-state index >= 15 is 0 Å². The van der Waals surface area contributed by atoms with Gasteiger partial charge in [0.2, 0.25) is 0 Å². The Labute approximate surface area is 142 Å². The lowest BCUT2D eigenvalue weighted by atomic mass is 10.0. The zero-order valence-electron chi connectivity index (χ0n) is 13.6. The SMILES string of the molecule is CC(CNC(=O)c1n[nH]c2c1CNCC2)CC1(C)OCCO1.Cl. The lowest BCUT2D eigenvalue weighted by Crippen LogP contribution is -2.35. The summed E-state index contributed by atoms with van der Waals surface area (Å²) in [7, 11) is 0. The predicted octanol–water partition coefficient (Wildman–Crippen LogP) is 0.996. The Morgan fingerprint density at radius 2 is 2.17 bits per heavy atom. The Morgan fingerprint density at radius 1 is 1.43 bits per heavy atom. The minimum atomic E-state index is -0.514. The molecule has 3 heterocycles. The van der Waals surface area contributed by atoms with Crippen LogP contribution in [0, 0.1) is 5.92 Å². The molecular formula is C15H25ClN4O3. The lowest BCUT2D eigenvalue weighted by molar-refractivity contribution is -0.153. The van der Waals surface area contributed by atoms with E-state index in [0.717, 1.165) is 30.6 Å². The molecule has 1 unspecified atom stereocenters. The summed E-state index contributed by atoms with van der Waals surface area (Å²) < 4.78 is 11.2. The van der Waals surface area contributed by atoms with Crippen LogP contribution in [0.4, 0.5) is 0 Å². The maximum atomic E-state index is 12.3. The van der Waals surface area contributed by atoms with Crippen LogP contribution in [0.25, 0.3) is 0 Å². The highest BCUT2D eigenvalue weighted by Gasteiger charge is 2.32. The van der Waals surface area contributed by atoms with Gasteiger partial charge in [-0.1, -0.05) is 6.92 Å². The van der Waals surface area contributed by atoms with Crippen molar-refractivity contribution in [1.29, 1.82) is 0 Å². The third kappa shape index (κ3) is 4.23. The summed E-state index contributed by atoms with van der Waals surface area (Å²) in [4.78, 5) is 12.3. The van der Waals surface area contributed by atoms with Gasteiger partial charge in [0.1, 0.15) is 0 Å². The molecule has 2 aliphatic rings. The van der Waals surface area contributed by atoms with E-state index in [2.05, 4.69) is 27.8 Å². The number of nitrogens with one attached hydrogen (secondary N) is 3. The average Bonchev–Trinajstić information content (AvgIpc) is 3.11. The Kier molecular flexibility index (Phi) is 6.02. The fourth-order valence-corrected chi connectivity index (χ4v) is 3.14. The number of fused-ring (bicyclic) bond motifs is 1. The van der Waals surface area contributed by atoms with Crippen LogP contribution in [0.5, 0.6) is 0 Å². The van der Waals surface area contributed by atoms with Gasteiger partial charge in [-0.05, 0) is 12.8 Å². The molecule has 1 aromatic rings. The van der Waals surface area contributed by atoms with Crippen LogP contribution < -0.4 is 10.6 Å². The van der Waals surface area contributed by atoms with E-state index in [1.807, 2.05) is 6.92 Å². The fourth-order valence-electron chi connectivity index (χ4n) is 3.14. The van der Waals surface area contributed by atoms with Crippen molar-refractivity contribution in [1.82, 2.24) is 20.8 Å². The molecule has 7 nitrogen and oxygen atoms in total. The molecule has 0 bridgehead atoms. The normalized spacial score (nSPS) is 20.4. The van der Waals surface area contributed by atoms with E-state index in [1.54, 1.807) is 0 Å². The highest BCUT2D eigenvalue weighted by molar-refractivity contribution is 5.94. The molecule has 0 radical (unpaired) electrons. The van der Waals surface area contributed by atoms with Crippen molar-refractivity contribution in [3.8, 4) is 0 Å². The Hall–Kier alpha value is -1.15. The Bertz CT molecular complexity index is 543. The molecule has 1 aromatic heterocycles. The third-order valence-corrected chi connectivity index (χ3v) is 4.25. The van der Waals surface area contributed by atoms with E-state index in [0.29, 0.717) is 32.0 Å². The van der Waals surface area contributed by atoms with Gasteiger partial charge in [-0.15, -0.1) is 12.4 Å².